The van der Waals surface area contributed by atoms with Crippen LogP contribution in [0.3, 0.4) is 0 Å². The van der Waals surface area contributed by atoms with E-state index < -0.39 is 34.7 Å². The van der Waals surface area contributed by atoms with Crippen molar-refractivity contribution in [3.8, 4) is 33.4 Å². The summed E-state index contributed by atoms with van der Waals surface area (Å²) in [5, 5.41) is -0.492. The zero-order chi connectivity index (χ0) is 35.0. The van der Waals surface area contributed by atoms with E-state index in [4.69, 9.17) is 14.2 Å². The highest BCUT2D eigenvalue weighted by atomic mass is 33.1. The molecule has 6 aromatic carbocycles. The third-order valence-corrected chi connectivity index (χ3v) is 11.4. The molecule has 1 heterocycles. The van der Waals surface area contributed by atoms with Crippen LogP contribution < -0.4 is 0 Å². The molecule has 0 amide bonds. The Balaban J connectivity index is 1.05. The van der Waals surface area contributed by atoms with E-state index in [1.54, 1.807) is 36.4 Å². The second-order valence-electron chi connectivity index (χ2n) is 11.8. The highest BCUT2D eigenvalue weighted by molar-refractivity contribution is 8.77. The third kappa shape index (κ3) is 8.26. The van der Waals surface area contributed by atoms with Crippen LogP contribution in [0.2, 0.25) is 0 Å². The quantitative estimate of drug-likeness (QED) is 0.0791. The highest BCUT2D eigenvalue weighted by Crippen LogP contribution is 2.46. The summed E-state index contributed by atoms with van der Waals surface area (Å²) in [7, 11) is 2.62. The summed E-state index contributed by atoms with van der Waals surface area (Å²) in [4.78, 5) is 39.9. The van der Waals surface area contributed by atoms with Gasteiger partial charge in [0.1, 0.15) is 6.61 Å². The lowest BCUT2D eigenvalue weighted by Crippen LogP contribution is -2.38. The number of rotatable bonds is 10. The second kappa shape index (κ2) is 16.0. The van der Waals surface area contributed by atoms with Crippen LogP contribution in [0.4, 0.5) is 0 Å². The average Bonchev–Trinajstić information content (AvgIpc) is 3.57. The maximum absolute atomic E-state index is 13.5. The van der Waals surface area contributed by atoms with E-state index in [1.807, 2.05) is 127 Å². The van der Waals surface area contributed by atoms with Crippen LogP contribution in [0.5, 0.6) is 0 Å². The minimum atomic E-state index is -0.887. The molecule has 252 valence electrons. The van der Waals surface area contributed by atoms with Gasteiger partial charge in [0.2, 0.25) is 0 Å². The van der Waals surface area contributed by atoms with Gasteiger partial charge in [-0.25, -0.2) is 14.4 Å². The van der Waals surface area contributed by atoms with Crippen molar-refractivity contribution in [2.45, 2.75) is 16.8 Å². The summed E-state index contributed by atoms with van der Waals surface area (Å²) >= 11 is 0. The number of benzene rings is 6. The van der Waals surface area contributed by atoms with Crippen molar-refractivity contribution in [1.29, 1.82) is 0 Å². The fourth-order valence-electron chi connectivity index (χ4n) is 5.65. The van der Waals surface area contributed by atoms with Crippen LogP contribution >= 0.6 is 21.6 Å². The fraction of sp³-hybridized carbons (Fsp3) is 0.0930. The standard InChI is InChI=1S/C43H32O6S2/c44-40(35-22-16-32(17-23-35)29-10-4-1-5-11-29)47-28-38-39(48-41(45)36-24-18-33(19-25-36)30-12-6-2-7-13-30)43(51-50-38)49-42(46)37-26-20-34(21-27-37)31-14-8-3-9-15-31/h1-27,38-39,43H,28H2/t38-,39-,43-/m0/s1. The largest absolute Gasteiger partial charge is 0.461 e. The Bertz CT molecular complexity index is 2090. The minimum Gasteiger partial charge on any atom is -0.461 e. The second-order valence-corrected chi connectivity index (χ2v) is 14.4. The SMILES string of the molecule is O=C(OC[C@@H]1SS[C@H](OC(=O)c2ccc(-c3ccccc3)cc2)[C@H]1OC(=O)c1ccc(-c2ccccc2)cc1)c1ccc(-c2ccccc2)cc1. The maximum atomic E-state index is 13.5. The van der Waals surface area contributed by atoms with Gasteiger partial charge in [-0.1, -0.05) is 138 Å². The van der Waals surface area contributed by atoms with Crippen LogP contribution in [-0.4, -0.2) is 41.3 Å². The van der Waals surface area contributed by atoms with Gasteiger partial charge in [0, 0.05) is 0 Å². The van der Waals surface area contributed by atoms with E-state index >= 15 is 0 Å². The Labute approximate surface area is 304 Å². The Kier molecular flexibility index (Phi) is 10.6. The fourth-order valence-corrected chi connectivity index (χ4v) is 8.61. The molecule has 51 heavy (non-hydrogen) atoms. The summed E-state index contributed by atoms with van der Waals surface area (Å²) < 4.78 is 17.7. The molecule has 1 aliphatic rings. The van der Waals surface area contributed by atoms with Crippen molar-refractivity contribution < 1.29 is 28.6 Å². The first-order valence-corrected chi connectivity index (χ1v) is 18.7. The first-order chi connectivity index (χ1) is 25.0. The lowest BCUT2D eigenvalue weighted by Gasteiger charge is -2.23. The monoisotopic (exact) mass is 708 g/mol. The van der Waals surface area contributed by atoms with Gasteiger partial charge < -0.3 is 14.2 Å². The van der Waals surface area contributed by atoms with Crippen LogP contribution in [0, 0.1) is 0 Å². The molecule has 1 saturated heterocycles. The summed E-state index contributed by atoms with van der Waals surface area (Å²) in [6.07, 6.45) is -0.887. The molecule has 0 aromatic heterocycles. The Morgan fingerprint density at radius 2 is 0.765 bits per heavy atom. The van der Waals surface area contributed by atoms with Gasteiger partial charge in [0.15, 0.2) is 11.5 Å². The Morgan fingerprint density at radius 3 is 1.18 bits per heavy atom. The zero-order valence-electron chi connectivity index (χ0n) is 27.3. The van der Waals surface area contributed by atoms with Crippen molar-refractivity contribution in [2.75, 3.05) is 6.61 Å². The summed E-state index contributed by atoms with van der Waals surface area (Å²) in [5.41, 5.74) is 6.32. The van der Waals surface area contributed by atoms with E-state index in [0.717, 1.165) is 33.4 Å². The van der Waals surface area contributed by atoms with Crippen molar-refractivity contribution in [3.63, 3.8) is 0 Å². The van der Waals surface area contributed by atoms with Crippen molar-refractivity contribution in [2.24, 2.45) is 0 Å². The first-order valence-electron chi connectivity index (χ1n) is 16.4. The molecule has 0 saturated carbocycles. The molecule has 6 aromatic rings. The molecular weight excluding hydrogens is 677 g/mol. The van der Waals surface area contributed by atoms with Crippen molar-refractivity contribution >= 4 is 39.5 Å². The molecule has 6 nitrogen and oxygen atoms in total. The molecule has 0 radical (unpaired) electrons. The molecule has 0 unspecified atom stereocenters. The predicted molar refractivity (Wildman–Crippen MR) is 203 cm³/mol. The van der Waals surface area contributed by atoms with Gasteiger partial charge in [-0.3, -0.25) is 0 Å². The van der Waals surface area contributed by atoms with Crippen LogP contribution in [0.15, 0.2) is 164 Å². The van der Waals surface area contributed by atoms with Crippen LogP contribution in [-0.2, 0) is 14.2 Å². The molecule has 0 aliphatic carbocycles. The smallest absolute Gasteiger partial charge is 0.339 e. The van der Waals surface area contributed by atoms with Gasteiger partial charge in [-0.2, -0.15) is 0 Å². The normalized spacial score (nSPS) is 16.6. The molecule has 1 fully saturated rings. The molecule has 1 aliphatic heterocycles. The highest BCUT2D eigenvalue weighted by Gasteiger charge is 2.44. The number of hydrogen-bond donors (Lipinski definition) is 0. The molecule has 3 atom stereocenters. The summed E-state index contributed by atoms with van der Waals surface area (Å²) in [6.45, 7) is -0.0539. The van der Waals surface area contributed by atoms with Gasteiger partial charge in [-0.15, -0.1) is 0 Å². The molecule has 8 heteroatoms. The van der Waals surface area contributed by atoms with E-state index in [2.05, 4.69) is 0 Å². The van der Waals surface area contributed by atoms with Crippen LogP contribution in [0.25, 0.3) is 33.4 Å². The average molecular weight is 709 g/mol. The molecule has 0 bridgehead atoms. The molecular formula is C43H32O6S2. The zero-order valence-corrected chi connectivity index (χ0v) is 28.9. The first kappa shape index (κ1) is 33.9. The van der Waals surface area contributed by atoms with E-state index in [0.29, 0.717) is 16.7 Å². The maximum Gasteiger partial charge on any atom is 0.339 e. The summed E-state index contributed by atoms with van der Waals surface area (Å²) in [6, 6.07) is 51.2. The predicted octanol–water partition coefficient (Wildman–Crippen LogP) is 10.0. The van der Waals surface area contributed by atoms with Gasteiger partial charge in [0.05, 0.1) is 21.9 Å². The Hall–Kier alpha value is -5.57. The number of ether oxygens (including phenoxy) is 3. The van der Waals surface area contributed by atoms with Gasteiger partial charge >= 0.3 is 17.9 Å². The topological polar surface area (TPSA) is 78.9 Å². The lowest BCUT2D eigenvalue weighted by molar-refractivity contribution is -0.0145. The third-order valence-electron chi connectivity index (χ3n) is 8.44. The van der Waals surface area contributed by atoms with E-state index in [-0.39, 0.29) is 6.61 Å². The summed E-state index contributed by atoms with van der Waals surface area (Å²) in [5.74, 6) is -1.61. The minimum absolute atomic E-state index is 0.0539. The van der Waals surface area contributed by atoms with Crippen molar-refractivity contribution in [3.05, 3.63) is 180 Å². The van der Waals surface area contributed by atoms with E-state index in [9.17, 15) is 14.4 Å². The number of hydrogen-bond acceptors (Lipinski definition) is 8. The number of carbonyl (C=O) groups excluding carboxylic acids is 3. The van der Waals surface area contributed by atoms with Crippen LogP contribution in [0.1, 0.15) is 31.1 Å². The van der Waals surface area contributed by atoms with Crippen molar-refractivity contribution in [1.82, 2.24) is 0 Å². The van der Waals surface area contributed by atoms with Gasteiger partial charge in [0.25, 0.3) is 0 Å². The molecule has 7 rings (SSSR count). The Morgan fingerprint density at radius 1 is 0.412 bits per heavy atom. The number of carbonyl (C=O) groups is 3. The molecule has 0 spiro atoms. The number of esters is 3. The molecule has 0 N–H and O–H groups in total. The lowest BCUT2D eigenvalue weighted by atomic mass is 10.0. The van der Waals surface area contributed by atoms with E-state index in [1.165, 1.54) is 21.6 Å². The van der Waals surface area contributed by atoms with Gasteiger partial charge in [-0.05, 0) is 80.6 Å².